The molecule has 0 amide bonds. The normalized spacial score (nSPS) is 24.8. The standard InChI is InChI=1S/C16H19BrN2OS/c1-2-21-14-7-8-16(14,20)10-18-15-6-3-11-9-12(17)4-5-13(11)19-15/h3-6,9,14,20H,2,7-8,10H2,1H3,(H,18,19). The number of aromatic nitrogens is 1. The summed E-state index contributed by atoms with van der Waals surface area (Å²) in [5.74, 6) is 1.88. The van der Waals surface area contributed by atoms with Crippen molar-refractivity contribution in [2.75, 3.05) is 17.6 Å². The van der Waals surface area contributed by atoms with Gasteiger partial charge in [0.2, 0.25) is 0 Å². The summed E-state index contributed by atoms with van der Waals surface area (Å²) in [5.41, 5.74) is 0.375. The Morgan fingerprint density at radius 2 is 2.29 bits per heavy atom. The molecule has 112 valence electrons. The highest BCUT2D eigenvalue weighted by molar-refractivity contribution is 9.10. The van der Waals surface area contributed by atoms with E-state index in [-0.39, 0.29) is 0 Å². The number of pyridine rings is 1. The van der Waals surface area contributed by atoms with Crippen LogP contribution in [0.5, 0.6) is 0 Å². The van der Waals surface area contributed by atoms with Crippen molar-refractivity contribution in [1.29, 1.82) is 0 Å². The summed E-state index contributed by atoms with van der Waals surface area (Å²) in [4.78, 5) is 4.60. The molecule has 0 aliphatic heterocycles. The Morgan fingerprint density at radius 1 is 1.43 bits per heavy atom. The van der Waals surface area contributed by atoms with Crippen LogP contribution in [0.25, 0.3) is 10.9 Å². The minimum absolute atomic E-state index is 0.353. The van der Waals surface area contributed by atoms with E-state index < -0.39 is 5.60 Å². The van der Waals surface area contributed by atoms with Gasteiger partial charge >= 0.3 is 0 Å². The number of rotatable bonds is 5. The minimum atomic E-state index is -0.586. The molecule has 1 heterocycles. The van der Waals surface area contributed by atoms with Crippen molar-refractivity contribution in [2.24, 2.45) is 0 Å². The smallest absolute Gasteiger partial charge is 0.126 e. The fourth-order valence-electron chi connectivity index (χ4n) is 2.68. The van der Waals surface area contributed by atoms with E-state index in [0.717, 1.165) is 39.8 Å². The monoisotopic (exact) mass is 366 g/mol. The van der Waals surface area contributed by atoms with E-state index in [9.17, 15) is 5.11 Å². The largest absolute Gasteiger partial charge is 0.387 e. The zero-order chi connectivity index (χ0) is 14.9. The van der Waals surface area contributed by atoms with Crippen LogP contribution in [0.15, 0.2) is 34.8 Å². The molecule has 5 heteroatoms. The molecule has 3 nitrogen and oxygen atoms in total. The molecular weight excluding hydrogens is 348 g/mol. The number of hydrogen-bond acceptors (Lipinski definition) is 4. The molecule has 1 aliphatic carbocycles. The second-order valence-corrected chi connectivity index (χ2v) is 7.87. The molecule has 1 aromatic heterocycles. The van der Waals surface area contributed by atoms with Crippen LogP contribution in [-0.4, -0.2) is 33.2 Å². The van der Waals surface area contributed by atoms with Crippen molar-refractivity contribution in [3.63, 3.8) is 0 Å². The number of aliphatic hydroxyl groups is 1. The molecule has 0 radical (unpaired) electrons. The average Bonchev–Trinajstić information content (AvgIpc) is 2.49. The molecule has 2 aromatic rings. The van der Waals surface area contributed by atoms with Crippen LogP contribution in [0.1, 0.15) is 19.8 Å². The van der Waals surface area contributed by atoms with Gasteiger partial charge in [-0.05, 0) is 48.9 Å². The lowest BCUT2D eigenvalue weighted by molar-refractivity contribution is -0.0120. The molecule has 2 N–H and O–H groups in total. The first-order valence-electron chi connectivity index (χ1n) is 7.25. The number of fused-ring (bicyclic) bond motifs is 1. The van der Waals surface area contributed by atoms with Crippen molar-refractivity contribution in [3.8, 4) is 0 Å². The number of halogens is 1. The lowest BCUT2D eigenvalue weighted by Crippen LogP contribution is -2.54. The third kappa shape index (κ3) is 3.20. The van der Waals surface area contributed by atoms with Gasteiger partial charge in [0.05, 0.1) is 11.1 Å². The van der Waals surface area contributed by atoms with Gasteiger partial charge < -0.3 is 10.4 Å². The van der Waals surface area contributed by atoms with Crippen LogP contribution < -0.4 is 5.32 Å². The van der Waals surface area contributed by atoms with Crippen LogP contribution in [0.3, 0.4) is 0 Å². The summed E-state index contributed by atoms with van der Waals surface area (Å²) < 4.78 is 1.06. The summed E-state index contributed by atoms with van der Waals surface area (Å²) >= 11 is 5.32. The van der Waals surface area contributed by atoms with E-state index in [1.165, 1.54) is 0 Å². The summed E-state index contributed by atoms with van der Waals surface area (Å²) in [6.45, 7) is 2.71. The van der Waals surface area contributed by atoms with Crippen molar-refractivity contribution in [1.82, 2.24) is 4.98 Å². The zero-order valence-corrected chi connectivity index (χ0v) is 14.4. The van der Waals surface area contributed by atoms with Gasteiger partial charge in [-0.1, -0.05) is 22.9 Å². The highest BCUT2D eigenvalue weighted by atomic mass is 79.9. The molecule has 1 saturated carbocycles. The predicted octanol–water partition coefficient (Wildman–Crippen LogP) is 4.06. The summed E-state index contributed by atoms with van der Waals surface area (Å²) in [7, 11) is 0. The molecule has 21 heavy (non-hydrogen) atoms. The number of thioether (sulfide) groups is 1. The Hall–Kier alpha value is -0.780. The van der Waals surface area contributed by atoms with Gasteiger partial charge in [-0.2, -0.15) is 11.8 Å². The van der Waals surface area contributed by atoms with Crippen LogP contribution >= 0.6 is 27.7 Å². The third-order valence-electron chi connectivity index (χ3n) is 4.03. The second-order valence-electron chi connectivity index (χ2n) is 5.47. The summed E-state index contributed by atoms with van der Waals surface area (Å²) in [6, 6.07) is 10.1. The van der Waals surface area contributed by atoms with Crippen molar-refractivity contribution in [3.05, 3.63) is 34.8 Å². The Morgan fingerprint density at radius 3 is 3.00 bits per heavy atom. The van der Waals surface area contributed by atoms with Crippen LogP contribution in [0.2, 0.25) is 0 Å². The van der Waals surface area contributed by atoms with E-state index in [4.69, 9.17) is 0 Å². The zero-order valence-electron chi connectivity index (χ0n) is 12.0. The molecular formula is C16H19BrN2OS. The van der Waals surface area contributed by atoms with E-state index >= 15 is 0 Å². The van der Waals surface area contributed by atoms with Gasteiger partial charge in [-0.15, -0.1) is 0 Å². The van der Waals surface area contributed by atoms with Crippen LogP contribution in [0, 0.1) is 0 Å². The molecule has 1 aromatic carbocycles. The van der Waals surface area contributed by atoms with Crippen LogP contribution in [0.4, 0.5) is 5.82 Å². The first-order chi connectivity index (χ1) is 10.1. The maximum absolute atomic E-state index is 10.6. The molecule has 0 spiro atoms. The number of anilines is 1. The first kappa shape index (κ1) is 15.1. The highest BCUT2D eigenvalue weighted by Gasteiger charge is 2.44. The Balaban J connectivity index is 1.69. The maximum atomic E-state index is 10.6. The van der Waals surface area contributed by atoms with Gasteiger partial charge in [0, 0.05) is 21.7 Å². The summed E-state index contributed by atoms with van der Waals surface area (Å²) in [5, 5.41) is 15.4. The molecule has 1 fully saturated rings. The Labute approximate surface area is 137 Å². The molecule has 0 saturated heterocycles. The molecule has 0 bridgehead atoms. The number of benzene rings is 1. The van der Waals surface area contributed by atoms with Gasteiger partial charge in [0.1, 0.15) is 5.82 Å². The Kier molecular flexibility index (Phi) is 4.43. The quantitative estimate of drug-likeness (QED) is 0.837. The SMILES string of the molecule is CCSC1CCC1(O)CNc1ccc2cc(Br)ccc2n1. The average molecular weight is 367 g/mol. The topological polar surface area (TPSA) is 45.1 Å². The van der Waals surface area contributed by atoms with Crippen molar-refractivity contribution in [2.45, 2.75) is 30.6 Å². The van der Waals surface area contributed by atoms with Crippen LogP contribution in [-0.2, 0) is 0 Å². The molecule has 2 unspecified atom stereocenters. The van der Waals surface area contributed by atoms with Gasteiger partial charge in [0.15, 0.2) is 0 Å². The fraction of sp³-hybridized carbons (Fsp3) is 0.438. The summed E-state index contributed by atoms with van der Waals surface area (Å²) in [6.07, 6.45) is 1.98. The van der Waals surface area contributed by atoms with Crippen molar-refractivity contribution >= 4 is 44.4 Å². The number of hydrogen-bond donors (Lipinski definition) is 2. The van der Waals surface area contributed by atoms with E-state index in [0.29, 0.717) is 11.8 Å². The lowest BCUT2D eigenvalue weighted by atomic mass is 9.79. The van der Waals surface area contributed by atoms with E-state index in [1.54, 1.807) is 0 Å². The number of nitrogens with one attached hydrogen (secondary N) is 1. The molecule has 2 atom stereocenters. The third-order valence-corrected chi connectivity index (χ3v) is 5.94. The van der Waals surface area contributed by atoms with E-state index in [1.807, 2.05) is 30.0 Å². The number of nitrogens with zero attached hydrogens (tertiary/aromatic N) is 1. The van der Waals surface area contributed by atoms with Crippen molar-refractivity contribution < 1.29 is 5.11 Å². The highest BCUT2D eigenvalue weighted by Crippen LogP contribution is 2.41. The van der Waals surface area contributed by atoms with Gasteiger partial charge in [-0.25, -0.2) is 4.98 Å². The minimum Gasteiger partial charge on any atom is -0.387 e. The van der Waals surface area contributed by atoms with Gasteiger partial charge in [0.25, 0.3) is 0 Å². The van der Waals surface area contributed by atoms with Gasteiger partial charge in [-0.3, -0.25) is 0 Å². The molecule has 1 aliphatic rings. The maximum Gasteiger partial charge on any atom is 0.126 e. The second kappa shape index (κ2) is 6.15. The first-order valence-corrected chi connectivity index (χ1v) is 9.09. The predicted molar refractivity (Wildman–Crippen MR) is 94.0 cm³/mol. The Bertz CT molecular complexity index is 651. The lowest BCUT2D eigenvalue weighted by Gasteiger charge is -2.45. The van der Waals surface area contributed by atoms with E-state index in [2.05, 4.69) is 45.3 Å². The fourth-order valence-corrected chi connectivity index (χ4v) is 4.25. The molecule has 3 rings (SSSR count).